The first-order valence-electron chi connectivity index (χ1n) is 7.49. The lowest BCUT2D eigenvalue weighted by atomic mass is 9.97. The number of thiophene rings is 2. The van der Waals surface area contributed by atoms with E-state index in [-0.39, 0.29) is 5.56 Å². The predicted octanol–water partition coefficient (Wildman–Crippen LogP) is 4.40. The van der Waals surface area contributed by atoms with Gasteiger partial charge in [-0.15, -0.1) is 22.7 Å². The molecule has 0 atom stereocenters. The second kappa shape index (κ2) is 5.48. The number of hydrogen-bond acceptors (Lipinski definition) is 4. The van der Waals surface area contributed by atoms with Crippen molar-refractivity contribution in [2.24, 2.45) is 0 Å². The van der Waals surface area contributed by atoms with Gasteiger partial charge < -0.3 is 4.98 Å². The van der Waals surface area contributed by atoms with Crippen molar-refractivity contribution < 1.29 is 0 Å². The number of hydrogen-bond donors (Lipinski definition) is 1. The molecule has 112 valence electrons. The van der Waals surface area contributed by atoms with Crippen molar-refractivity contribution in [2.45, 2.75) is 32.6 Å². The summed E-state index contributed by atoms with van der Waals surface area (Å²) in [5, 5.41) is 2.89. The number of aromatic nitrogens is 2. The minimum absolute atomic E-state index is 0.00644. The van der Waals surface area contributed by atoms with Crippen molar-refractivity contribution in [1.29, 1.82) is 0 Å². The molecule has 0 unspecified atom stereocenters. The molecule has 3 aromatic rings. The number of aromatic amines is 1. The van der Waals surface area contributed by atoms with E-state index < -0.39 is 0 Å². The van der Waals surface area contributed by atoms with Gasteiger partial charge in [0.15, 0.2) is 0 Å². The average Bonchev–Trinajstić information content (AvgIpc) is 3.08. The first kappa shape index (κ1) is 13.9. The fourth-order valence-electron chi connectivity index (χ4n) is 2.97. The van der Waals surface area contributed by atoms with Crippen LogP contribution in [0.2, 0.25) is 0 Å². The lowest BCUT2D eigenvalue weighted by molar-refractivity contribution is 0.700. The summed E-state index contributed by atoms with van der Waals surface area (Å²) in [6.07, 6.45) is 8.44. The number of H-pyrrole nitrogens is 1. The van der Waals surface area contributed by atoms with Crippen LogP contribution in [0.4, 0.5) is 0 Å². The summed E-state index contributed by atoms with van der Waals surface area (Å²) in [5.41, 5.74) is 2.49. The molecule has 1 N–H and O–H groups in total. The summed E-state index contributed by atoms with van der Waals surface area (Å²) >= 11 is 3.39. The van der Waals surface area contributed by atoms with Gasteiger partial charge in [-0.1, -0.05) is 0 Å². The first-order chi connectivity index (χ1) is 10.7. The molecule has 0 fully saturated rings. The Balaban J connectivity index is 1.79. The van der Waals surface area contributed by atoms with E-state index in [0.29, 0.717) is 5.82 Å². The van der Waals surface area contributed by atoms with Crippen LogP contribution in [0.1, 0.15) is 39.5 Å². The van der Waals surface area contributed by atoms with E-state index >= 15 is 0 Å². The van der Waals surface area contributed by atoms with E-state index in [4.69, 9.17) is 0 Å². The molecule has 0 radical (unpaired) electrons. The number of rotatable bonds is 2. The van der Waals surface area contributed by atoms with Gasteiger partial charge in [0, 0.05) is 9.75 Å². The van der Waals surface area contributed by atoms with Gasteiger partial charge in [0.1, 0.15) is 10.7 Å². The Hall–Kier alpha value is -1.72. The van der Waals surface area contributed by atoms with Crippen molar-refractivity contribution in [3.63, 3.8) is 0 Å². The fourth-order valence-corrected chi connectivity index (χ4v) is 5.06. The molecule has 1 aliphatic carbocycles. The Kier molecular flexibility index (Phi) is 3.47. The van der Waals surface area contributed by atoms with Gasteiger partial charge in [0.05, 0.1) is 5.39 Å². The zero-order chi connectivity index (χ0) is 15.1. The third kappa shape index (κ3) is 2.34. The van der Waals surface area contributed by atoms with E-state index in [1.165, 1.54) is 33.7 Å². The summed E-state index contributed by atoms with van der Waals surface area (Å²) < 4.78 is 0. The highest BCUT2D eigenvalue weighted by Gasteiger charge is 2.19. The molecular formula is C17H16N2OS2. The zero-order valence-corrected chi connectivity index (χ0v) is 13.9. The van der Waals surface area contributed by atoms with Crippen LogP contribution in [0.3, 0.4) is 0 Å². The standard InChI is InChI=1S/C17H16N2OS2/c1-10-8-9-21-12(10)6-7-14-18-16(20)15-11-4-2-3-5-13(11)22-17(15)19-14/h6-9H,2-5H2,1H3,(H,18,19,20)/b7-6+. The van der Waals surface area contributed by atoms with Crippen molar-refractivity contribution in [3.8, 4) is 0 Å². The Bertz CT molecular complexity index is 930. The molecule has 5 heteroatoms. The van der Waals surface area contributed by atoms with Crippen molar-refractivity contribution in [3.05, 3.63) is 48.5 Å². The molecule has 0 aromatic carbocycles. The monoisotopic (exact) mass is 328 g/mol. The van der Waals surface area contributed by atoms with Crippen LogP contribution < -0.4 is 5.56 Å². The number of fused-ring (bicyclic) bond motifs is 3. The number of aryl methyl sites for hydroxylation is 3. The maximum atomic E-state index is 12.4. The van der Waals surface area contributed by atoms with Crippen LogP contribution in [0.25, 0.3) is 22.4 Å². The zero-order valence-electron chi connectivity index (χ0n) is 12.3. The highest BCUT2D eigenvalue weighted by atomic mass is 32.1. The fraction of sp³-hybridized carbons (Fsp3) is 0.294. The summed E-state index contributed by atoms with van der Waals surface area (Å²) in [6, 6.07) is 2.09. The molecule has 3 heterocycles. The van der Waals surface area contributed by atoms with Gasteiger partial charge in [0.25, 0.3) is 5.56 Å². The van der Waals surface area contributed by atoms with Crippen LogP contribution in [0.5, 0.6) is 0 Å². The summed E-state index contributed by atoms with van der Waals surface area (Å²) in [7, 11) is 0. The van der Waals surface area contributed by atoms with Gasteiger partial charge in [-0.05, 0) is 67.3 Å². The summed E-state index contributed by atoms with van der Waals surface area (Å²) in [5.74, 6) is 0.642. The van der Waals surface area contributed by atoms with E-state index in [0.717, 1.165) is 23.1 Å². The first-order valence-corrected chi connectivity index (χ1v) is 9.19. The maximum Gasteiger partial charge on any atom is 0.260 e. The lowest BCUT2D eigenvalue weighted by Crippen LogP contribution is -2.11. The molecule has 0 bridgehead atoms. The van der Waals surface area contributed by atoms with E-state index in [1.54, 1.807) is 22.7 Å². The smallest absolute Gasteiger partial charge is 0.260 e. The average molecular weight is 328 g/mol. The molecule has 0 saturated heterocycles. The molecule has 0 saturated carbocycles. The van der Waals surface area contributed by atoms with Gasteiger partial charge >= 0.3 is 0 Å². The maximum absolute atomic E-state index is 12.4. The molecule has 4 rings (SSSR count). The van der Waals surface area contributed by atoms with Crippen LogP contribution in [-0.4, -0.2) is 9.97 Å². The van der Waals surface area contributed by atoms with Crippen LogP contribution in [0.15, 0.2) is 16.2 Å². The van der Waals surface area contributed by atoms with Crippen LogP contribution in [-0.2, 0) is 12.8 Å². The van der Waals surface area contributed by atoms with Gasteiger partial charge in [-0.25, -0.2) is 4.98 Å². The quantitative estimate of drug-likeness (QED) is 0.757. The van der Waals surface area contributed by atoms with Crippen molar-refractivity contribution in [1.82, 2.24) is 9.97 Å². The van der Waals surface area contributed by atoms with Crippen molar-refractivity contribution in [2.75, 3.05) is 0 Å². The van der Waals surface area contributed by atoms with E-state index in [9.17, 15) is 4.79 Å². The largest absolute Gasteiger partial charge is 0.306 e. The minimum atomic E-state index is 0.00644. The molecule has 3 aromatic heterocycles. The molecule has 0 spiro atoms. The molecule has 0 amide bonds. The minimum Gasteiger partial charge on any atom is -0.306 e. The third-order valence-electron chi connectivity index (χ3n) is 4.14. The highest BCUT2D eigenvalue weighted by molar-refractivity contribution is 7.18. The third-order valence-corrected chi connectivity index (χ3v) is 6.31. The van der Waals surface area contributed by atoms with E-state index in [1.807, 2.05) is 12.2 Å². The van der Waals surface area contributed by atoms with Crippen LogP contribution >= 0.6 is 22.7 Å². The number of nitrogens with zero attached hydrogens (tertiary/aromatic N) is 1. The topological polar surface area (TPSA) is 45.8 Å². The van der Waals surface area contributed by atoms with Crippen molar-refractivity contribution >= 4 is 45.0 Å². The van der Waals surface area contributed by atoms with Gasteiger partial charge in [0.2, 0.25) is 0 Å². The SMILES string of the molecule is Cc1ccsc1/C=C/c1nc2sc3c(c2c(=O)[nH]1)CCCC3. The summed E-state index contributed by atoms with van der Waals surface area (Å²) in [6.45, 7) is 2.09. The van der Waals surface area contributed by atoms with Gasteiger partial charge in [-0.3, -0.25) is 4.79 Å². The number of nitrogens with one attached hydrogen (secondary N) is 1. The molecule has 22 heavy (non-hydrogen) atoms. The Morgan fingerprint density at radius 3 is 2.95 bits per heavy atom. The second-order valence-electron chi connectivity index (χ2n) is 5.64. The normalized spacial score (nSPS) is 14.8. The Labute approximate surface area is 136 Å². The Morgan fingerprint density at radius 1 is 1.27 bits per heavy atom. The molecule has 0 aliphatic heterocycles. The van der Waals surface area contributed by atoms with Gasteiger partial charge in [-0.2, -0.15) is 0 Å². The molecular weight excluding hydrogens is 312 g/mol. The van der Waals surface area contributed by atoms with E-state index in [2.05, 4.69) is 28.3 Å². The summed E-state index contributed by atoms with van der Waals surface area (Å²) in [4.78, 5) is 23.5. The van der Waals surface area contributed by atoms with Crippen LogP contribution in [0, 0.1) is 6.92 Å². The second-order valence-corrected chi connectivity index (χ2v) is 7.67. The highest BCUT2D eigenvalue weighted by Crippen LogP contribution is 2.33. The molecule has 3 nitrogen and oxygen atoms in total. The lowest BCUT2D eigenvalue weighted by Gasteiger charge is -2.09. The molecule has 1 aliphatic rings. The Morgan fingerprint density at radius 2 is 2.14 bits per heavy atom. The predicted molar refractivity (Wildman–Crippen MR) is 94.9 cm³/mol.